The Morgan fingerprint density at radius 3 is 1.58 bits per heavy atom. The lowest BCUT2D eigenvalue weighted by Gasteiger charge is -2.36. The van der Waals surface area contributed by atoms with Gasteiger partial charge < -0.3 is 42.6 Å². The van der Waals surface area contributed by atoms with Crippen LogP contribution in [0.15, 0.2) is 97.1 Å². The summed E-state index contributed by atoms with van der Waals surface area (Å²) in [6.45, 7) is -1.22. The molecule has 0 spiro atoms. The maximum atomic E-state index is 15.2. The van der Waals surface area contributed by atoms with Gasteiger partial charge in [-0.05, 0) is 35.4 Å². The first kappa shape index (κ1) is 44.6. The summed E-state index contributed by atoms with van der Waals surface area (Å²) in [5, 5.41) is 0. The van der Waals surface area contributed by atoms with Gasteiger partial charge >= 0.3 is 24.3 Å². The Hall–Kier alpha value is -5.52. The number of carbonyl (C=O) groups is 2. The van der Waals surface area contributed by atoms with Crippen LogP contribution in [0.1, 0.15) is 34.5 Å². The van der Waals surface area contributed by atoms with Crippen molar-refractivity contribution in [2.75, 3.05) is 55.9 Å². The van der Waals surface area contributed by atoms with E-state index in [2.05, 4.69) is 0 Å². The van der Waals surface area contributed by atoms with Crippen LogP contribution in [0.3, 0.4) is 0 Å². The largest absolute Gasteiger partial charge is 0.493 e. The van der Waals surface area contributed by atoms with Gasteiger partial charge in [-0.15, -0.1) is 0 Å². The Labute approximate surface area is 336 Å². The van der Waals surface area contributed by atoms with Crippen LogP contribution in [0.5, 0.6) is 23.0 Å². The number of carbonyl (C=O) groups excluding carboxylic acids is 2. The van der Waals surface area contributed by atoms with Crippen molar-refractivity contribution in [2.24, 2.45) is 11.8 Å². The Kier molecular flexibility index (Phi) is 13.7. The second-order valence-corrected chi connectivity index (χ2v) is 13.2. The van der Waals surface area contributed by atoms with Crippen LogP contribution < -0.4 is 18.9 Å². The lowest BCUT2D eigenvalue weighted by atomic mass is 9.81. The third-order valence-corrected chi connectivity index (χ3v) is 10.3. The summed E-state index contributed by atoms with van der Waals surface area (Å²) in [5.74, 6) is -5.30. The molecule has 11 nitrogen and oxygen atoms in total. The molecule has 0 radical (unpaired) electrons. The zero-order valence-electron chi connectivity index (χ0n) is 32.7. The number of alkyl halides is 6. The minimum absolute atomic E-state index is 0.0694. The molecule has 4 aromatic rings. The van der Waals surface area contributed by atoms with Gasteiger partial charge in [-0.2, -0.15) is 26.3 Å². The van der Waals surface area contributed by atoms with Gasteiger partial charge in [-0.25, -0.2) is 9.59 Å². The first-order valence-electron chi connectivity index (χ1n) is 17.9. The monoisotopic (exact) mass is 836 g/mol. The average Bonchev–Trinajstić information content (AvgIpc) is 3.65. The SMILES string of the molecule is COc1ccc([C@H]2OC[C@H]([C@H](OC(=O)[C@@](OC)(c3ccccc3)C(F)(F)F)c3ccc(OC)c(OC)c3)[C@@H]2COC(=O)[C@@](OC)(c2ccccc2)C(F)(F)F)cc1OC. The van der Waals surface area contributed by atoms with Crippen molar-refractivity contribution < 1.29 is 78.6 Å². The molecular formula is C42H42F6O11. The Morgan fingerprint density at radius 1 is 0.627 bits per heavy atom. The summed E-state index contributed by atoms with van der Waals surface area (Å²) < 4.78 is 140. The van der Waals surface area contributed by atoms with E-state index in [0.29, 0.717) is 25.5 Å². The molecular weight excluding hydrogens is 794 g/mol. The summed E-state index contributed by atoms with van der Waals surface area (Å²) in [4.78, 5) is 28.1. The van der Waals surface area contributed by atoms with Crippen LogP contribution in [-0.2, 0) is 44.5 Å². The number of benzene rings is 4. The van der Waals surface area contributed by atoms with Gasteiger partial charge in [0.15, 0.2) is 23.0 Å². The summed E-state index contributed by atoms with van der Waals surface area (Å²) >= 11 is 0. The average molecular weight is 837 g/mol. The van der Waals surface area contributed by atoms with E-state index in [0.717, 1.165) is 24.3 Å². The highest BCUT2D eigenvalue weighted by Crippen LogP contribution is 2.51. The van der Waals surface area contributed by atoms with Gasteiger partial charge in [0.25, 0.3) is 11.2 Å². The van der Waals surface area contributed by atoms with Gasteiger partial charge in [0.1, 0.15) is 6.10 Å². The fourth-order valence-electron chi connectivity index (χ4n) is 7.26. The molecule has 0 N–H and O–H groups in total. The molecule has 1 fully saturated rings. The van der Waals surface area contributed by atoms with E-state index in [1.165, 1.54) is 95.2 Å². The van der Waals surface area contributed by atoms with Crippen molar-refractivity contribution in [3.8, 4) is 23.0 Å². The lowest BCUT2D eigenvalue weighted by molar-refractivity contribution is -0.280. The first-order valence-corrected chi connectivity index (χ1v) is 17.9. The van der Waals surface area contributed by atoms with Gasteiger partial charge in [0.2, 0.25) is 0 Å². The third kappa shape index (κ3) is 8.36. The Balaban J connectivity index is 1.67. The van der Waals surface area contributed by atoms with E-state index in [4.69, 9.17) is 42.6 Å². The summed E-state index contributed by atoms with van der Waals surface area (Å²) in [5.41, 5.74) is -7.97. The van der Waals surface area contributed by atoms with E-state index < -0.39 is 77.3 Å². The number of hydrogen-bond donors (Lipinski definition) is 0. The highest BCUT2D eigenvalue weighted by molar-refractivity contribution is 5.83. The van der Waals surface area contributed by atoms with E-state index >= 15 is 13.2 Å². The van der Waals surface area contributed by atoms with Crippen LogP contribution >= 0.6 is 0 Å². The molecule has 1 heterocycles. The number of methoxy groups -OCH3 is 6. The second kappa shape index (κ2) is 18.2. The molecule has 0 saturated carbocycles. The second-order valence-electron chi connectivity index (χ2n) is 13.2. The highest BCUT2D eigenvalue weighted by Gasteiger charge is 2.66. The molecule has 1 aliphatic heterocycles. The zero-order valence-corrected chi connectivity index (χ0v) is 32.7. The molecule has 59 heavy (non-hydrogen) atoms. The zero-order chi connectivity index (χ0) is 43.2. The molecule has 5 rings (SSSR count). The van der Waals surface area contributed by atoms with Crippen molar-refractivity contribution >= 4 is 11.9 Å². The molecule has 0 aliphatic carbocycles. The van der Waals surface area contributed by atoms with Crippen LogP contribution in [0.4, 0.5) is 26.3 Å². The van der Waals surface area contributed by atoms with Crippen molar-refractivity contribution in [3.05, 3.63) is 119 Å². The normalized spacial score (nSPS) is 19.4. The quantitative estimate of drug-likeness (QED) is 0.0806. The molecule has 17 heteroatoms. The summed E-state index contributed by atoms with van der Waals surface area (Å²) in [6, 6.07) is 21.0. The molecule has 1 saturated heterocycles. The van der Waals surface area contributed by atoms with Gasteiger partial charge in [0, 0.05) is 37.2 Å². The minimum Gasteiger partial charge on any atom is -0.493 e. The first-order chi connectivity index (χ1) is 28.1. The number of ether oxygens (including phenoxy) is 9. The predicted octanol–water partition coefficient (Wildman–Crippen LogP) is 8.06. The lowest BCUT2D eigenvalue weighted by Crippen LogP contribution is -2.52. The van der Waals surface area contributed by atoms with Gasteiger partial charge in [0.05, 0.1) is 47.8 Å². The molecule has 1 aliphatic rings. The van der Waals surface area contributed by atoms with Crippen LogP contribution in [0, 0.1) is 11.8 Å². The predicted molar refractivity (Wildman–Crippen MR) is 197 cm³/mol. The van der Waals surface area contributed by atoms with E-state index in [1.807, 2.05) is 0 Å². The molecule has 0 bridgehead atoms. The van der Waals surface area contributed by atoms with Crippen molar-refractivity contribution in [1.29, 1.82) is 0 Å². The topological polar surface area (TPSA) is 117 Å². The third-order valence-electron chi connectivity index (χ3n) is 10.3. The van der Waals surface area contributed by atoms with Crippen LogP contribution in [0.2, 0.25) is 0 Å². The number of halogens is 6. The Bertz CT molecular complexity index is 2050. The van der Waals surface area contributed by atoms with E-state index in [1.54, 1.807) is 6.07 Å². The van der Waals surface area contributed by atoms with Gasteiger partial charge in [-0.3, -0.25) is 0 Å². The maximum Gasteiger partial charge on any atom is 0.432 e. The Morgan fingerprint density at radius 2 is 1.10 bits per heavy atom. The number of rotatable bonds is 16. The molecule has 4 aromatic carbocycles. The molecule has 6 atom stereocenters. The highest BCUT2D eigenvalue weighted by atomic mass is 19.4. The standard InChI is InChI=1S/C42H42F6O11/c1-51-31-19-17-25(21-33(31)53-3)35-29(24-58-37(49)39(55-5,41(43,44)45)27-13-9-7-10-14-27)30(23-57-35)36(26-18-20-32(52-2)34(22-26)54-4)59-38(50)40(56-6,42(46,47)48)28-15-11-8-12-16-28/h7-22,29-30,35-36H,23-24H2,1-6H3/t29-,30-,35+,36+,39-,40-/m0/s1. The summed E-state index contributed by atoms with van der Waals surface area (Å²) in [6.07, 6.45) is -13.5. The van der Waals surface area contributed by atoms with Crippen molar-refractivity contribution in [1.82, 2.24) is 0 Å². The molecule has 0 unspecified atom stereocenters. The fourth-order valence-corrected chi connectivity index (χ4v) is 7.26. The molecule has 318 valence electrons. The molecule has 0 aromatic heterocycles. The maximum absolute atomic E-state index is 15.2. The van der Waals surface area contributed by atoms with Crippen LogP contribution in [0.25, 0.3) is 0 Å². The smallest absolute Gasteiger partial charge is 0.432 e. The van der Waals surface area contributed by atoms with Crippen molar-refractivity contribution in [2.45, 2.75) is 35.8 Å². The van der Waals surface area contributed by atoms with E-state index in [9.17, 15) is 22.8 Å². The number of hydrogen-bond acceptors (Lipinski definition) is 11. The molecule has 0 amide bonds. The number of esters is 2. The van der Waals surface area contributed by atoms with Crippen LogP contribution in [-0.4, -0.2) is 80.2 Å². The van der Waals surface area contributed by atoms with E-state index in [-0.39, 0.29) is 29.4 Å². The minimum atomic E-state index is -5.37. The van der Waals surface area contributed by atoms with Crippen molar-refractivity contribution in [3.63, 3.8) is 0 Å². The fraction of sp³-hybridized carbons (Fsp3) is 0.381. The van der Waals surface area contributed by atoms with Gasteiger partial charge in [-0.1, -0.05) is 72.8 Å². The summed E-state index contributed by atoms with van der Waals surface area (Å²) in [7, 11) is 6.84.